The summed E-state index contributed by atoms with van der Waals surface area (Å²) >= 11 is 0. The highest BCUT2D eigenvalue weighted by atomic mass is 14.9. The van der Waals surface area contributed by atoms with Crippen molar-refractivity contribution in [2.75, 3.05) is 13.1 Å². The van der Waals surface area contributed by atoms with Gasteiger partial charge in [0.15, 0.2) is 0 Å². The summed E-state index contributed by atoms with van der Waals surface area (Å²) in [6, 6.07) is 9.25. The van der Waals surface area contributed by atoms with Gasteiger partial charge in [-0.2, -0.15) is 0 Å². The second kappa shape index (κ2) is 4.77. The molecule has 1 aliphatic rings. The maximum Gasteiger partial charge on any atom is 0.0444 e. The van der Waals surface area contributed by atoms with E-state index in [0.29, 0.717) is 12.6 Å². The van der Waals surface area contributed by atoms with Gasteiger partial charge in [0.05, 0.1) is 0 Å². The van der Waals surface area contributed by atoms with Crippen LogP contribution in [0.15, 0.2) is 24.3 Å². The first-order valence-corrected chi connectivity index (χ1v) is 5.88. The lowest BCUT2D eigenvalue weighted by atomic mass is 10.0. The molecule has 0 aromatic heterocycles. The smallest absolute Gasteiger partial charge is 0.0444 e. The van der Waals surface area contributed by atoms with Gasteiger partial charge in [-0.25, -0.2) is 0 Å². The van der Waals surface area contributed by atoms with Crippen molar-refractivity contribution in [3.05, 3.63) is 35.4 Å². The molecule has 0 heterocycles. The van der Waals surface area contributed by atoms with Crippen molar-refractivity contribution in [2.45, 2.75) is 31.7 Å². The maximum absolute atomic E-state index is 5.74. The quantitative estimate of drug-likeness (QED) is 0.771. The van der Waals surface area contributed by atoms with Crippen molar-refractivity contribution < 1.29 is 0 Å². The molecule has 2 nitrogen and oxygen atoms in total. The van der Waals surface area contributed by atoms with Crippen molar-refractivity contribution in [3.63, 3.8) is 0 Å². The average Bonchev–Trinajstić information content (AvgIpc) is 3.10. The van der Waals surface area contributed by atoms with Gasteiger partial charge in [-0.05, 0) is 36.4 Å². The number of hydrogen-bond donors (Lipinski definition) is 2. The Hall–Kier alpha value is -0.860. The summed E-state index contributed by atoms with van der Waals surface area (Å²) in [5, 5.41) is 3.39. The molecule has 2 rings (SSSR count). The minimum atomic E-state index is 0.309. The summed E-state index contributed by atoms with van der Waals surface area (Å²) in [4.78, 5) is 0. The van der Waals surface area contributed by atoms with Crippen LogP contribution in [0.2, 0.25) is 0 Å². The van der Waals surface area contributed by atoms with E-state index in [0.717, 1.165) is 12.5 Å². The minimum absolute atomic E-state index is 0.309. The van der Waals surface area contributed by atoms with E-state index in [2.05, 4.69) is 36.5 Å². The number of hydrogen-bond acceptors (Lipinski definition) is 2. The molecule has 2 heteroatoms. The Morgan fingerprint density at radius 3 is 2.47 bits per heavy atom. The van der Waals surface area contributed by atoms with Crippen LogP contribution >= 0.6 is 0 Å². The normalized spacial score (nSPS) is 17.7. The van der Waals surface area contributed by atoms with Crippen LogP contribution in [-0.4, -0.2) is 13.1 Å². The second-order valence-electron chi connectivity index (χ2n) is 4.29. The van der Waals surface area contributed by atoms with Crippen molar-refractivity contribution in [1.29, 1.82) is 0 Å². The Morgan fingerprint density at radius 2 is 2.00 bits per heavy atom. The topological polar surface area (TPSA) is 38.0 Å². The molecule has 0 radical (unpaired) electrons. The fourth-order valence-electron chi connectivity index (χ4n) is 2.00. The molecule has 0 saturated heterocycles. The molecule has 1 aromatic rings. The maximum atomic E-state index is 5.74. The molecule has 1 unspecified atom stereocenters. The first kappa shape index (κ1) is 10.7. The fourth-order valence-corrected chi connectivity index (χ4v) is 2.00. The monoisotopic (exact) mass is 204 g/mol. The molecular weight excluding hydrogens is 184 g/mol. The predicted molar refractivity (Wildman–Crippen MR) is 63.9 cm³/mol. The lowest BCUT2D eigenvalue weighted by Gasteiger charge is -2.16. The van der Waals surface area contributed by atoms with E-state index in [4.69, 9.17) is 5.73 Å². The summed E-state index contributed by atoms with van der Waals surface area (Å²) in [5.74, 6) is 0.842. The van der Waals surface area contributed by atoms with Gasteiger partial charge in [-0.1, -0.05) is 31.2 Å². The molecule has 1 aromatic carbocycles. The molecule has 0 spiro atoms. The molecule has 1 saturated carbocycles. The summed E-state index contributed by atoms with van der Waals surface area (Å²) in [6.45, 7) is 3.74. The van der Waals surface area contributed by atoms with E-state index in [1.807, 2.05) is 0 Å². The highest BCUT2D eigenvalue weighted by Gasteiger charge is 2.23. The summed E-state index contributed by atoms with van der Waals surface area (Å²) < 4.78 is 0. The average molecular weight is 204 g/mol. The fraction of sp³-hybridized carbons (Fsp3) is 0.538. The Kier molecular flexibility index (Phi) is 3.39. The van der Waals surface area contributed by atoms with E-state index in [1.165, 1.54) is 24.0 Å². The number of likely N-dealkylation sites (N-methyl/N-ethyl adjacent to an activating group) is 1. The Labute approximate surface area is 91.9 Å². The van der Waals surface area contributed by atoms with Gasteiger partial charge >= 0.3 is 0 Å². The first-order valence-electron chi connectivity index (χ1n) is 5.88. The van der Waals surface area contributed by atoms with Gasteiger partial charge in [0.1, 0.15) is 0 Å². The SMILES string of the molecule is CCNC(CN)c1ccc(C2CC2)cc1. The summed E-state index contributed by atoms with van der Waals surface area (Å²) in [5.41, 5.74) is 8.54. The van der Waals surface area contributed by atoms with Crippen LogP contribution in [0.1, 0.15) is 42.9 Å². The van der Waals surface area contributed by atoms with Crippen LogP contribution < -0.4 is 11.1 Å². The van der Waals surface area contributed by atoms with Gasteiger partial charge in [-0.3, -0.25) is 0 Å². The van der Waals surface area contributed by atoms with Crippen LogP contribution in [0.5, 0.6) is 0 Å². The lowest BCUT2D eigenvalue weighted by molar-refractivity contribution is 0.561. The van der Waals surface area contributed by atoms with E-state index in [-0.39, 0.29) is 0 Å². The van der Waals surface area contributed by atoms with Crippen LogP contribution in [0, 0.1) is 0 Å². The van der Waals surface area contributed by atoms with Crippen molar-refractivity contribution in [3.8, 4) is 0 Å². The minimum Gasteiger partial charge on any atom is -0.329 e. The highest BCUT2D eigenvalue weighted by Crippen LogP contribution is 2.40. The number of nitrogens with two attached hydrogens (primary N) is 1. The zero-order valence-electron chi connectivity index (χ0n) is 9.37. The van der Waals surface area contributed by atoms with Gasteiger partial charge in [0.25, 0.3) is 0 Å². The molecule has 0 bridgehead atoms. The first-order chi connectivity index (χ1) is 7.35. The third-order valence-corrected chi connectivity index (χ3v) is 3.07. The Bertz CT molecular complexity index is 301. The van der Waals surface area contributed by atoms with Crippen LogP contribution in [0.3, 0.4) is 0 Å². The second-order valence-corrected chi connectivity index (χ2v) is 4.29. The standard InChI is InChI=1S/C13H20N2/c1-2-15-13(9-14)12-7-5-11(6-8-12)10-3-4-10/h5-8,10,13,15H,2-4,9,14H2,1H3. The van der Waals surface area contributed by atoms with Gasteiger partial charge in [-0.15, -0.1) is 0 Å². The zero-order chi connectivity index (χ0) is 10.7. The van der Waals surface area contributed by atoms with Crippen molar-refractivity contribution in [2.24, 2.45) is 5.73 Å². The molecule has 1 atom stereocenters. The number of rotatable bonds is 5. The highest BCUT2D eigenvalue weighted by molar-refractivity contribution is 5.29. The van der Waals surface area contributed by atoms with E-state index in [9.17, 15) is 0 Å². The Morgan fingerprint density at radius 1 is 1.33 bits per heavy atom. The van der Waals surface area contributed by atoms with E-state index < -0.39 is 0 Å². The summed E-state index contributed by atoms with van der Waals surface area (Å²) in [7, 11) is 0. The predicted octanol–water partition coefficient (Wildman–Crippen LogP) is 2.17. The molecule has 82 valence electrons. The largest absolute Gasteiger partial charge is 0.329 e. The summed E-state index contributed by atoms with van der Waals surface area (Å²) in [6.07, 6.45) is 2.74. The molecule has 0 aliphatic heterocycles. The molecular formula is C13H20N2. The third kappa shape index (κ3) is 2.58. The van der Waals surface area contributed by atoms with Gasteiger partial charge in [0.2, 0.25) is 0 Å². The van der Waals surface area contributed by atoms with Gasteiger partial charge < -0.3 is 11.1 Å². The molecule has 15 heavy (non-hydrogen) atoms. The molecule has 0 amide bonds. The molecule has 1 aliphatic carbocycles. The third-order valence-electron chi connectivity index (χ3n) is 3.07. The molecule has 3 N–H and O–H groups in total. The number of nitrogens with one attached hydrogen (secondary N) is 1. The molecule has 1 fully saturated rings. The van der Waals surface area contributed by atoms with Crippen LogP contribution in [0.25, 0.3) is 0 Å². The van der Waals surface area contributed by atoms with Gasteiger partial charge in [0, 0.05) is 12.6 Å². The van der Waals surface area contributed by atoms with Crippen LogP contribution in [-0.2, 0) is 0 Å². The number of benzene rings is 1. The zero-order valence-corrected chi connectivity index (χ0v) is 9.37. The lowest BCUT2D eigenvalue weighted by Crippen LogP contribution is -2.27. The van der Waals surface area contributed by atoms with E-state index >= 15 is 0 Å². The van der Waals surface area contributed by atoms with E-state index in [1.54, 1.807) is 0 Å². The Balaban J connectivity index is 2.06. The van der Waals surface area contributed by atoms with Crippen LogP contribution in [0.4, 0.5) is 0 Å². The van der Waals surface area contributed by atoms with Crippen molar-refractivity contribution in [1.82, 2.24) is 5.32 Å². The van der Waals surface area contributed by atoms with Crippen molar-refractivity contribution >= 4 is 0 Å².